The Bertz CT molecular complexity index is 1400. The van der Waals surface area contributed by atoms with Crippen molar-refractivity contribution in [2.24, 2.45) is 12.0 Å². The maximum Gasteiger partial charge on any atom is 0.413 e. The fourth-order valence-corrected chi connectivity index (χ4v) is 4.16. The molecule has 2 N–H and O–H groups in total. The van der Waals surface area contributed by atoms with Crippen LogP contribution < -0.4 is 10.6 Å². The lowest BCUT2D eigenvalue weighted by Crippen LogP contribution is -2.27. The molecule has 1 atom stereocenters. The third kappa shape index (κ3) is 5.62. The number of aliphatic imine (C=N–C) groups is 1. The van der Waals surface area contributed by atoms with Gasteiger partial charge in [0.15, 0.2) is 11.5 Å². The van der Waals surface area contributed by atoms with Crippen molar-refractivity contribution < 1.29 is 14.3 Å². The van der Waals surface area contributed by atoms with Gasteiger partial charge in [0.2, 0.25) is 5.91 Å². The van der Waals surface area contributed by atoms with E-state index in [0.717, 1.165) is 18.4 Å². The first-order chi connectivity index (χ1) is 18.3. The number of anilines is 2. The van der Waals surface area contributed by atoms with Crippen LogP contribution in [0.4, 0.5) is 16.3 Å². The number of aryl methyl sites for hydroxylation is 1. The molecule has 1 aliphatic rings. The number of rotatable bonds is 9. The Kier molecular flexibility index (Phi) is 7.96. The van der Waals surface area contributed by atoms with Crippen LogP contribution in [0.5, 0.6) is 0 Å². The molecule has 1 saturated carbocycles. The van der Waals surface area contributed by atoms with Gasteiger partial charge in [-0.25, -0.2) is 9.48 Å². The molecule has 1 fully saturated rings. The van der Waals surface area contributed by atoms with Crippen LogP contribution in [0.25, 0.3) is 11.4 Å². The number of hydrogen-bond acceptors (Lipinski definition) is 8. The molecule has 0 unspecified atom stereocenters. The maximum atomic E-state index is 13.0. The molecule has 38 heavy (non-hydrogen) atoms. The summed E-state index contributed by atoms with van der Waals surface area (Å²) in [6.07, 6.45) is 8.48. The molecule has 1 aliphatic carbocycles. The first kappa shape index (κ1) is 26.7. The van der Waals surface area contributed by atoms with E-state index in [9.17, 15) is 9.59 Å². The van der Waals surface area contributed by atoms with E-state index < -0.39 is 17.6 Å². The molecular weight excluding hydrogens is 508 g/mol. The number of nitrogens with zero attached hydrogens (tertiary/aromatic N) is 6. The van der Waals surface area contributed by atoms with Crippen molar-refractivity contribution in [2.75, 3.05) is 10.6 Å². The van der Waals surface area contributed by atoms with E-state index in [2.05, 4.69) is 42.6 Å². The van der Waals surface area contributed by atoms with Gasteiger partial charge < -0.3 is 10.1 Å². The fourth-order valence-electron chi connectivity index (χ4n) is 3.94. The minimum absolute atomic E-state index is 0.100. The Morgan fingerprint density at radius 1 is 1.26 bits per heavy atom. The van der Waals surface area contributed by atoms with Crippen molar-refractivity contribution in [1.82, 2.24) is 25.0 Å². The fraction of sp³-hybridized carbons (Fsp3) is 0.269. The molecule has 3 aromatic heterocycles. The van der Waals surface area contributed by atoms with Crippen molar-refractivity contribution >= 4 is 41.8 Å². The number of aromatic nitrogens is 5. The first-order valence-electron chi connectivity index (χ1n) is 11.8. The van der Waals surface area contributed by atoms with Crippen LogP contribution in [-0.2, 0) is 22.0 Å². The molecule has 3 heterocycles. The van der Waals surface area contributed by atoms with Crippen molar-refractivity contribution in [1.29, 1.82) is 0 Å². The second-order valence-corrected chi connectivity index (χ2v) is 9.06. The molecule has 0 radical (unpaired) electrons. The number of carbonyl (C=O) groups excluding carboxylic acids is 2. The average Bonchev–Trinajstić information content (AvgIpc) is 3.67. The van der Waals surface area contributed by atoms with Gasteiger partial charge in [0.05, 0.1) is 23.0 Å². The predicted octanol–water partition coefficient (Wildman–Crippen LogP) is 4.61. The van der Waals surface area contributed by atoms with E-state index in [1.165, 1.54) is 10.9 Å². The quantitative estimate of drug-likeness (QED) is 0.232. The van der Waals surface area contributed by atoms with Gasteiger partial charge in [-0.15, -0.1) is 5.10 Å². The normalized spacial score (nSPS) is 15.4. The summed E-state index contributed by atoms with van der Waals surface area (Å²) in [4.78, 5) is 37.9. The highest BCUT2D eigenvalue weighted by Crippen LogP contribution is 2.48. The number of carbonyl (C=O) groups is 2. The van der Waals surface area contributed by atoms with E-state index in [1.54, 1.807) is 50.6 Å². The number of hydrogen-bond donors (Lipinski definition) is 2. The van der Waals surface area contributed by atoms with E-state index >= 15 is 0 Å². The number of halogens is 1. The monoisotopic (exact) mass is 534 g/mol. The minimum Gasteiger partial charge on any atom is -0.441 e. The summed E-state index contributed by atoms with van der Waals surface area (Å²) in [5.74, 6) is 0.182. The van der Waals surface area contributed by atoms with Gasteiger partial charge in [0.25, 0.3) is 0 Å². The average molecular weight is 535 g/mol. The predicted molar refractivity (Wildman–Crippen MR) is 145 cm³/mol. The molecule has 196 valence electrons. The molecule has 0 spiro atoms. The van der Waals surface area contributed by atoms with Gasteiger partial charge in [-0.05, 0) is 57.2 Å². The molecule has 0 bridgehead atoms. The van der Waals surface area contributed by atoms with Crippen LogP contribution in [-0.4, -0.2) is 49.8 Å². The highest BCUT2D eigenvalue weighted by atomic mass is 35.5. The van der Waals surface area contributed by atoms with Gasteiger partial charge in [-0.2, -0.15) is 0 Å². The van der Waals surface area contributed by atoms with Gasteiger partial charge in [-0.1, -0.05) is 35.0 Å². The highest BCUT2D eigenvalue weighted by Gasteiger charge is 2.51. The third-order valence-corrected chi connectivity index (χ3v) is 6.49. The van der Waals surface area contributed by atoms with Gasteiger partial charge >= 0.3 is 6.09 Å². The summed E-state index contributed by atoms with van der Waals surface area (Å²) < 4.78 is 6.86. The number of allylic oxidation sites excluding steroid dienone is 1. The van der Waals surface area contributed by atoms with Gasteiger partial charge in [0.1, 0.15) is 11.3 Å². The van der Waals surface area contributed by atoms with Crippen LogP contribution in [0, 0.1) is 0 Å². The molecule has 0 aliphatic heterocycles. The molecule has 4 rings (SSSR count). The van der Waals surface area contributed by atoms with Crippen LogP contribution in [0.15, 0.2) is 70.7 Å². The Morgan fingerprint density at radius 3 is 2.66 bits per heavy atom. The first-order valence-corrected chi connectivity index (χ1v) is 12.2. The summed E-state index contributed by atoms with van der Waals surface area (Å²) in [5.41, 5.74) is 2.16. The molecule has 11 nitrogen and oxygen atoms in total. The van der Waals surface area contributed by atoms with E-state index in [1.807, 2.05) is 19.1 Å². The zero-order valence-corrected chi connectivity index (χ0v) is 21.9. The summed E-state index contributed by atoms with van der Waals surface area (Å²) >= 11 is 6.09. The summed E-state index contributed by atoms with van der Waals surface area (Å²) in [6, 6.07) is 7.15. The Labute approximate surface area is 224 Å². The topological polar surface area (TPSA) is 136 Å². The Morgan fingerprint density at radius 2 is 2.05 bits per heavy atom. The Hall–Kier alpha value is -4.38. The Balaban J connectivity index is 1.45. The smallest absolute Gasteiger partial charge is 0.413 e. The summed E-state index contributed by atoms with van der Waals surface area (Å²) in [7, 11) is 1.63. The van der Waals surface area contributed by atoms with Crippen molar-refractivity contribution in [2.45, 2.75) is 38.2 Å². The van der Waals surface area contributed by atoms with Crippen molar-refractivity contribution in [3.05, 3.63) is 71.3 Å². The highest BCUT2D eigenvalue weighted by molar-refractivity contribution is 6.30. The zero-order chi connectivity index (χ0) is 27.3. The lowest BCUT2D eigenvalue weighted by Gasteiger charge is -2.16. The maximum absolute atomic E-state index is 13.0. The second kappa shape index (κ2) is 11.3. The lowest BCUT2D eigenvalue weighted by atomic mass is 9.97. The number of nitrogens with one attached hydrogen (secondary N) is 2. The van der Waals surface area contributed by atoms with Crippen molar-refractivity contribution in [3.8, 4) is 11.4 Å². The number of ether oxygens (including phenoxy) is 1. The largest absolute Gasteiger partial charge is 0.441 e. The summed E-state index contributed by atoms with van der Waals surface area (Å²) in [6.45, 7) is 6.89. The van der Waals surface area contributed by atoms with Crippen LogP contribution in [0.1, 0.15) is 32.3 Å². The van der Waals surface area contributed by atoms with Gasteiger partial charge in [0, 0.05) is 25.0 Å². The van der Waals surface area contributed by atoms with E-state index in [-0.39, 0.29) is 16.9 Å². The second-order valence-electron chi connectivity index (χ2n) is 8.70. The van der Waals surface area contributed by atoms with E-state index in [4.69, 9.17) is 16.3 Å². The van der Waals surface area contributed by atoms with Crippen LogP contribution >= 0.6 is 11.6 Å². The molecular formula is C26H27ClN8O3. The van der Waals surface area contributed by atoms with E-state index in [0.29, 0.717) is 22.6 Å². The molecule has 0 aromatic carbocycles. The van der Waals surface area contributed by atoms with Crippen molar-refractivity contribution in [3.63, 3.8) is 0 Å². The third-order valence-electron chi connectivity index (χ3n) is 6.16. The SMILES string of the molecule is C=N/C(Cl)=C(\C=C/C)[C@@H](C)OC(=O)Nc1c(-c2ccc(NC(=O)C3(c4cccnc4)CC3)cn2)nnn1C. The number of pyridine rings is 2. The molecule has 2 amide bonds. The number of amides is 2. The standard InChI is InChI=1S/C26H27ClN8O3/c1-5-7-19(22(27)28-3)16(2)38-25(37)32-23-21(33-34-35(23)4)20-10-9-18(15-30-20)31-24(36)26(11-12-26)17-8-6-13-29-14-17/h5-10,13-16H,3,11-12H2,1-2,4H3,(H,31,36)(H,32,37)/b7-5-,22-19+/t16-/m1/s1. The molecule has 0 saturated heterocycles. The lowest BCUT2D eigenvalue weighted by molar-refractivity contribution is -0.118. The minimum atomic E-state index is -0.742. The molecule has 3 aromatic rings. The molecule has 12 heteroatoms. The zero-order valence-electron chi connectivity index (χ0n) is 21.2. The van der Waals surface area contributed by atoms with Crippen LogP contribution in [0.3, 0.4) is 0 Å². The van der Waals surface area contributed by atoms with Gasteiger partial charge in [-0.3, -0.25) is 25.1 Å². The van der Waals surface area contributed by atoms with Crippen LogP contribution in [0.2, 0.25) is 0 Å². The summed E-state index contributed by atoms with van der Waals surface area (Å²) in [5, 5.41) is 13.8.